The molecule has 0 unspecified atom stereocenters. The molecule has 2 aromatic rings. The highest BCUT2D eigenvalue weighted by molar-refractivity contribution is 9.10. The van der Waals surface area contributed by atoms with Crippen LogP contribution < -0.4 is 5.73 Å². The molecule has 0 radical (unpaired) electrons. The number of nitrogens with zero attached hydrogens (tertiary/aromatic N) is 3. The van der Waals surface area contributed by atoms with Crippen LogP contribution in [0, 0.1) is 0 Å². The van der Waals surface area contributed by atoms with Gasteiger partial charge in [0.25, 0.3) is 0 Å². The first-order valence-corrected chi connectivity index (χ1v) is 6.22. The zero-order valence-corrected chi connectivity index (χ0v) is 10.6. The Morgan fingerprint density at radius 2 is 2.18 bits per heavy atom. The highest BCUT2D eigenvalue weighted by atomic mass is 79.9. The maximum Gasteiger partial charge on any atom is 0.247 e. The van der Waals surface area contributed by atoms with Gasteiger partial charge < -0.3 is 10.3 Å². The van der Waals surface area contributed by atoms with Gasteiger partial charge in [-0.05, 0) is 47.3 Å². The van der Waals surface area contributed by atoms with E-state index in [1.165, 1.54) is 0 Å². The van der Waals surface area contributed by atoms with Crippen LogP contribution in [0.2, 0.25) is 0 Å². The van der Waals surface area contributed by atoms with Crippen LogP contribution in [0.25, 0.3) is 11.5 Å². The normalized spacial score (nSPS) is 17.8. The molecule has 1 aliphatic carbocycles. The number of rotatable bonds is 2. The SMILES string of the molecule is NC1(c2nc(-c3ccc(Br)cn3)no2)CCC1. The molecule has 6 heteroatoms. The minimum absolute atomic E-state index is 0.416. The van der Waals surface area contributed by atoms with E-state index in [9.17, 15) is 0 Å². The molecule has 2 heterocycles. The largest absolute Gasteiger partial charge is 0.337 e. The lowest BCUT2D eigenvalue weighted by Crippen LogP contribution is -2.43. The van der Waals surface area contributed by atoms with Crippen LogP contribution >= 0.6 is 15.9 Å². The topological polar surface area (TPSA) is 77.8 Å². The first kappa shape index (κ1) is 10.9. The van der Waals surface area contributed by atoms with Crippen molar-refractivity contribution < 1.29 is 4.52 Å². The van der Waals surface area contributed by atoms with Gasteiger partial charge in [0.05, 0.1) is 5.54 Å². The summed E-state index contributed by atoms with van der Waals surface area (Å²) in [6, 6.07) is 3.72. The van der Waals surface area contributed by atoms with Crippen LogP contribution in [-0.4, -0.2) is 15.1 Å². The summed E-state index contributed by atoms with van der Waals surface area (Å²) in [5, 5.41) is 3.92. The molecule has 1 saturated carbocycles. The zero-order chi connectivity index (χ0) is 11.9. The average molecular weight is 295 g/mol. The number of hydrogen-bond donors (Lipinski definition) is 1. The molecule has 88 valence electrons. The molecule has 17 heavy (non-hydrogen) atoms. The third kappa shape index (κ3) is 1.87. The Balaban J connectivity index is 1.92. The fourth-order valence-electron chi connectivity index (χ4n) is 1.81. The predicted molar refractivity (Wildman–Crippen MR) is 64.9 cm³/mol. The second-order valence-electron chi connectivity index (χ2n) is 4.29. The van der Waals surface area contributed by atoms with Crippen LogP contribution in [0.5, 0.6) is 0 Å². The Morgan fingerprint density at radius 3 is 2.76 bits per heavy atom. The minimum atomic E-state index is -0.416. The summed E-state index contributed by atoms with van der Waals surface area (Å²) in [7, 11) is 0. The highest BCUT2D eigenvalue weighted by Gasteiger charge is 2.40. The van der Waals surface area contributed by atoms with E-state index in [0.717, 1.165) is 23.7 Å². The van der Waals surface area contributed by atoms with Gasteiger partial charge in [-0.25, -0.2) is 0 Å². The Labute approximate surface area is 107 Å². The van der Waals surface area contributed by atoms with Crippen molar-refractivity contribution >= 4 is 15.9 Å². The summed E-state index contributed by atoms with van der Waals surface area (Å²) >= 11 is 3.33. The summed E-state index contributed by atoms with van der Waals surface area (Å²) in [5.41, 5.74) is 6.39. The third-order valence-electron chi connectivity index (χ3n) is 3.05. The molecule has 0 atom stereocenters. The van der Waals surface area contributed by atoms with Crippen LogP contribution in [0.3, 0.4) is 0 Å². The van der Waals surface area contributed by atoms with Gasteiger partial charge in [0.1, 0.15) is 5.69 Å². The summed E-state index contributed by atoms with van der Waals surface area (Å²) < 4.78 is 6.13. The second-order valence-corrected chi connectivity index (χ2v) is 5.21. The highest BCUT2D eigenvalue weighted by Crippen LogP contribution is 2.38. The van der Waals surface area contributed by atoms with Crippen molar-refractivity contribution in [3.8, 4) is 11.5 Å². The first-order valence-electron chi connectivity index (χ1n) is 5.42. The van der Waals surface area contributed by atoms with Crippen LogP contribution in [0.1, 0.15) is 25.2 Å². The molecule has 1 fully saturated rings. The summed E-state index contributed by atoms with van der Waals surface area (Å²) in [6.45, 7) is 0. The van der Waals surface area contributed by atoms with E-state index in [1.54, 1.807) is 6.20 Å². The van der Waals surface area contributed by atoms with Gasteiger partial charge in [-0.1, -0.05) is 5.16 Å². The van der Waals surface area contributed by atoms with E-state index in [-0.39, 0.29) is 0 Å². The molecule has 0 aromatic carbocycles. The first-order chi connectivity index (χ1) is 8.17. The van der Waals surface area contributed by atoms with Gasteiger partial charge in [0, 0.05) is 10.7 Å². The molecule has 0 amide bonds. The molecule has 0 saturated heterocycles. The number of nitrogens with two attached hydrogens (primary N) is 1. The summed E-state index contributed by atoms with van der Waals surface area (Å²) in [4.78, 5) is 8.54. The van der Waals surface area contributed by atoms with Gasteiger partial charge in [-0.2, -0.15) is 4.98 Å². The van der Waals surface area contributed by atoms with Crippen molar-refractivity contribution in [1.82, 2.24) is 15.1 Å². The Bertz CT molecular complexity index is 533. The average Bonchev–Trinajstić information content (AvgIpc) is 2.76. The van der Waals surface area contributed by atoms with Crippen molar-refractivity contribution in [2.45, 2.75) is 24.8 Å². The van der Waals surface area contributed by atoms with Crippen molar-refractivity contribution in [2.24, 2.45) is 5.73 Å². The molecule has 3 rings (SSSR count). The van der Waals surface area contributed by atoms with Gasteiger partial charge in [0.15, 0.2) is 0 Å². The van der Waals surface area contributed by atoms with Crippen LogP contribution in [-0.2, 0) is 5.54 Å². The lowest BCUT2D eigenvalue weighted by Gasteiger charge is -2.33. The molecular weight excluding hydrogens is 284 g/mol. The molecular formula is C11H11BrN4O. The van der Waals surface area contributed by atoms with E-state index in [0.29, 0.717) is 17.4 Å². The lowest BCUT2D eigenvalue weighted by atomic mass is 9.78. The standard InChI is InChI=1S/C11H11BrN4O/c12-7-2-3-8(14-6-7)9-15-10(17-16-9)11(13)4-1-5-11/h2-3,6H,1,4-5,13H2. The van der Waals surface area contributed by atoms with Gasteiger partial charge in [-0.15, -0.1) is 0 Å². The van der Waals surface area contributed by atoms with Crippen molar-refractivity contribution in [3.63, 3.8) is 0 Å². The van der Waals surface area contributed by atoms with E-state index in [2.05, 4.69) is 31.1 Å². The molecule has 0 bridgehead atoms. The molecule has 1 aliphatic rings. The van der Waals surface area contributed by atoms with E-state index in [1.807, 2.05) is 12.1 Å². The Hall–Kier alpha value is -1.27. The van der Waals surface area contributed by atoms with E-state index >= 15 is 0 Å². The smallest absolute Gasteiger partial charge is 0.247 e. The Kier molecular flexibility index (Phi) is 2.48. The zero-order valence-electron chi connectivity index (χ0n) is 9.06. The van der Waals surface area contributed by atoms with Crippen LogP contribution in [0.15, 0.2) is 27.3 Å². The number of halogens is 1. The fourth-order valence-corrected chi connectivity index (χ4v) is 2.04. The minimum Gasteiger partial charge on any atom is -0.337 e. The van der Waals surface area contributed by atoms with Crippen LogP contribution in [0.4, 0.5) is 0 Å². The summed E-state index contributed by atoms with van der Waals surface area (Å²) in [6.07, 6.45) is 4.63. The van der Waals surface area contributed by atoms with Gasteiger partial charge in [-0.3, -0.25) is 4.98 Å². The molecule has 2 aromatic heterocycles. The van der Waals surface area contributed by atoms with E-state index in [4.69, 9.17) is 10.3 Å². The number of pyridine rings is 1. The molecule has 0 aliphatic heterocycles. The lowest BCUT2D eigenvalue weighted by molar-refractivity contribution is 0.181. The molecule has 2 N–H and O–H groups in total. The van der Waals surface area contributed by atoms with Gasteiger partial charge in [0.2, 0.25) is 11.7 Å². The number of aromatic nitrogens is 3. The summed E-state index contributed by atoms with van der Waals surface area (Å²) in [5.74, 6) is 1.01. The maximum absolute atomic E-state index is 6.12. The van der Waals surface area contributed by atoms with Gasteiger partial charge >= 0.3 is 0 Å². The third-order valence-corrected chi connectivity index (χ3v) is 3.52. The number of hydrogen-bond acceptors (Lipinski definition) is 5. The monoisotopic (exact) mass is 294 g/mol. The predicted octanol–water partition coefficient (Wildman–Crippen LogP) is 2.23. The quantitative estimate of drug-likeness (QED) is 0.919. The van der Waals surface area contributed by atoms with Crippen molar-refractivity contribution in [2.75, 3.05) is 0 Å². The van der Waals surface area contributed by atoms with Crippen molar-refractivity contribution in [3.05, 3.63) is 28.7 Å². The second kappa shape index (κ2) is 3.89. The molecule has 0 spiro atoms. The van der Waals surface area contributed by atoms with Crippen molar-refractivity contribution in [1.29, 1.82) is 0 Å². The maximum atomic E-state index is 6.12. The fraction of sp³-hybridized carbons (Fsp3) is 0.364. The molecule has 5 nitrogen and oxygen atoms in total. The Morgan fingerprint density at radius 1 is 1.35 bits per heavy atom. The van der Waals surface area contributed by atoms with E-state index < -0.39 is 5.54 Å².